The van der Waals surface area contributed by atoms with E-state index in [1.165, 1.54) is 0 Å². The van der Waals surface area contributed by atoms with E-state index in [-0.39, 0.29) is 12.1 Å². The van der Waals surface area contributed by atoms with Gasteiger partial charge in [0.1, 0.15) is 0 Å². The van der Waals surface area contributed by atoms with E-state index in [2.05, 4.69) is 26.2 Å². The van der Waals surface area contributed by atoms with E-state index in [0.717, 1.165) is 11.5 Å². The van der Waals surface area contributed by atoms with Gasteiger partial charge >= 0.3 is 6.09 Å². The van der Waals surface area contributed by atoms with Crippen LogP contribution in [-0.4, -0.2) is 101 Å². The Balaban J connectivity index is 2.01. The Hall–Kier alpha value is -2.68. The first-order valence-corrected chi connectivity index (χ1v) is 10.2. The lowest BCUT2D eigenvalue weighted by atomic mass is 10.1. The summed E-state index contributed by atoms with van der Waals surface area (Å²) in [6.45, 7) is 5.54. The summed E-state index contributed by atoms with van der Waals surface area (Å²) in [5.74, 6) is 2.24. The van der Waals surface area contributed by atoms with Crippen LogP contribution in [-0.2, 0) is 4.74 Å². The van der Waals surface area contributed by atoms with E-state index >= 15 is 0 Å². The normalized spacial score (nSPS) is 15.8. The zero-order valence-corrected chi connectivity index (χ0v) is 19.0. The van der Waals surface area contributed by atoms with Gasteiger partial charge in [-0.3, -0.25) is 4.99 Å². The lowest BCUT2D eigenvalue weighted by molar-refractivity contribution is 0.0914. The zero-order chi connectivity index (χ0) is 22.1. The van der Waals surface area contributed by atoms with Crippen molar-refractivity contribution in [3.05, 3.63) is 23.8 Å². The first kappa shape index (κ1) is 23.6. The summed E-state index contributed by atoms with van der Waals surface area (Å²) in [6.07, 6.45) is -0.249. The van der Waals surface area contributed by atoms with Gasteiger partial charge in [0.15, 0.2) is 17.5 Å². The minimum absolute atomic E-state index is 0.113. The molecule has 9 nitrogen and oxygen atoms in total. The van der Waals surface area contributed by atoms with E-state index in [9.17, 15) is 4.79 Å². The molecule has 1 aliphatic heterocycles. The van der Waals surface area contributed by atoms with Crippen LogP contribution in [0.2, 0.25) is 0 Å². The Morgan fingerprint density at radius 3 is 2.30 bits per heavy atom. The molecule has 1 aliphatic rings. The second-order valence-corrected chi connectivity index (χ2v) is 7.19. The van der Waals surface area contributed by atoms with Crippen LogP contribution in [0.3, 0.4) is 0 Å². The number of carbonyl (C=O) groups excluding carboxylic acids is 1. The van der Waals surface area contributed by atoms with E-state index in [1.807, 2.05) is 33.2 Å². The average Bonchev–Trinajstić information content (AvgIpc) is 2.76. The first-order chi connectivity index (χ1) is 14.4. The molecule has 0 aliphatic carbocycles. The molecule has 1 N–H and O–H groups in total. The highest BCUT2D eigenvalue weighted by molar-refractivity contribution is 5.80. The van der Waals surface area contributed by atoms with Crippen LogP contribution in [0, 0.1) is 0 Å². The van der Waals surface area contributed by atoms with Crippen LogP contribution in [0.5, 0.6) is 11.5 Å². The zero-order valence-electron chi connectivity index (χ0n) is 19.0. The van der Waals surface area contributed by atoms with Crippen molar-refractivity contribution in [2.75, 3.05) is 74.7 Å². The van der Waals surface area contributed by atoms with Gasteiger partial charge in [-0.25, -0.2) is 4.79 Å². The largest absolute Gasteiger partial charge is 0.493 e. The lowest BCUT2D eigenvalue weighted by Crippen LogP contribution is -2.54. The third-order valence-electron chi connectivity index (χ3n) is 5.19. The van der Waals surface area contributed by atoms with Crippen LogP contribution in [0.15, 0.2) is 23.2 Å². The molecule has 1 fully saturated rings. The molecule has 1 aromatic rings. The van der Waals surface area contributed by atoms with E-state index in [4.69, 9.17) is 14.2 Å². The van der Waals surface area contributed by atoms with Crippen molar-refractivity contribution in [1.29, 1.82) is 0 Å². The molecule has 0 radical (unpaired) electrons. The molecule has 1 atom stereocenters. The van der Waals surface area contributed by atoms with Crippen molar-refractivity contribution in [2.24, 2.45) is 4.99 Å². The summed E-state index contributed by atoms with van der Waals surface area (Å²) in [5, 5.41) is 3.48. The number of hydrogen-bond acceptors (Lipinski definition) is 6. The van der Waals surface area contributed by atoms with Crippen LogP contribution < -0.4 is 14.8 Å². The minimum atomic E-state index is -0.249. The molecule has 0 bridgehead atoms. The highest BCUT2D eigenvalue weighted by Crippen LogP contribution is 2.31. The Morgan fingerprint density at radius 1 is 1.13 bits per heavy atom. The van der Waals surface area contributed by atoms with E-state index in [1.54, 1.807) is 26.2 Å². The number of methoxy groups -OCH3 is 2. The van der Waals surface area contributed by atoms with E-state index < -0.39 is 0 Å². The molecule has 1 heterocycles. The SMILES string of the molecule is CCOC(=O)N1CCN(C(=NC)NCC(c2ccc(OC)c(OC)c2)N(C)C)CC1. The lowest BCUT2D eigenvalue weighted by Gasteiger charge is -2.36. The summed E-state index contributed by atoms with van der Waals surface area (Å²) in [7, 11) is 9.14. The quantitative estimate of drug-likeness (QED) is 0.530. The standard InChI is InChI=1S/C21H35N5O4/c1-7-30-21(27)26-12-10-25(11-13-26)20(22-2)23-15-17(24(3)4)16-8-9-18(28-5)19(14-16)29-6/h8-9,14,17H,7,10-13,15H2,1-6H3,(H,22,23). The number of likely N-dealkylation sites (N-methyl/N-ethyl adjacent to an activating group) is 1. The number of ether oxygens (including phenoxy) is 3. The predicted molar refractivity (Wildman–Crippen MR) is 118 cm³/mol. The van der Waals surface area contributed by atoms with Gasteiger partial charge in [-0.1, -0.05) is 6.07 Å². The molecule has 168 valence electrons. The number of carbonyl (C=O) groups is 1. The highest BCUT2D eigenvalue weighted by atomic mass is 16.6. The Bertz CT molecular complexity index is 717. The summed E-state index contributed by atoms with van der Waals surface area (Å²) in [6, 6.07) is 6.09. The average molecular weight is 422 g/mol. The Morgan fingerprint density at radius 2 is 1.77 bits per heavy atom. The molecule has 1 amide bonds. The monoisotopic (exact) mass is 421 g/mol. The van der Waals surface area contributed by atoms with Gasteiger partial charge in [0, 0.05) is 39.8 Å². The van der Waals surface area contributed by atoms with Gasteiger partial charge in [0.2, 0.25) is 0 Å². The maximum Gasteiger partial charge on any atom is 0.409 e. The molecule has 30 heavy (non-hydrogen) atoms. The predicted octanol–water partition coefficient (Wildman–Crippen LogP) is 1.66. The number of rotatable bonds is 7. The number of benzene rings is 1. The first-order valence-electron chi connectivity index (χ1n) is 10.2. The van der Waals surface area contributed by atoms with Crippen molar-refractivity contribution < 1.29 is 19.0 Å². The van der Waals surface area contributed by atoms with Crippen molar-refractivity contribution >= 4 is 12.1 Å². The fraction of sp³-hybridized carbons (Fsp3) is 0.619. The minimum Gasteiger partial charge on any atom is -0.493 e. The molecular formula is C21H35N5O4. The van der Waals surface area contributed by atoms with Crippen LogP contribution >= 0.6 is 0 Å². The maximum absolute atomic E-state index is 11.9. The van der Waals surface area contributed by atoms with Crippen LogP contribution in [0.1, 0.15) is 18.5 Å². The summed E-state index contributed by atoms with van der Waals surface area (Å²) in [5.41, 5.74) is 1.12. The van der Waals surface area contributed by atoms with Gasteiger partial charge in [0.25, 0.3) is 0 Å². The molecule has 2 rings (SSSR count). The number of hydrogen-bond donors (Lipinski definition) is 1. The third-order valence-corrected chi connectivity index (χ3v) is 5.19. The number of guanidine groups is 1. The molecule has 1 aromatic carbocycles. The van der Waals surface area contributed by atoms with Gasteiger partial charge in [-0.15, -0.1) is 0 Å². The number of piperazine rings is 1. The van der Waals surface area contributed by atoms with E-state index in [0.29, 0.717) is 50.8 Å². The molecular weight excluding hydrogens is 386 g/mol. The molecule has 1 unspecified atom stereocenters. The summed E-state index contributed by atoms with van der Waals surface area (Å²) < 4.78 is 15.9. The van der Waals surface area contributed by atoms with Gasteiger partial charge in [-0.2, -0.15) is 0 Å². The smallest absolute Gasteiger partial charge is 0.409 e. The Kier molecular flexibility index (Phi) is 9.04. The van der Waals surface area contributed by atoms with Crippen LogP contribution in [0.4, 0.5) is 4.79 Å². The maximum atomic E-state index is 11.9. The fourth-order valence-corrected chi connectivity index (χ4v) is 3.49. The van der Waals surface area contributed by atoms with Crippen LogP contribution in [0.25, 0.3) is 0 Å². The molecule has 9 heteroatoms. The number of nitrogens with one attached hydrogen (secondary N) is 1. The third kappa shape index (κ3) is 5.91. The summed E-state index contributed by atoms with van der Waals surface area (Å²) >= 11 is 0. The summed E-state index contributed by atoms with van der Waals surface area (Å²) in [4.78, 5) is 22.4. The molecule has 0 spiro atoms. The fourth-order valence-electron chi connectivity index (χ4n) is 3.49. The second kappa shape index (κ2) is 11.5. The van der Waals surface area contributed by atoms with Gasteiger partial charge in [0.05, 0.1) is 26.9 Å². The van der Waals surface area contributed by atoms with Crippen molar-refractivity contribution in [3.63, 3.8) is 0 Å². The Labute approximate surface area is 179 Å². The van der Waals surface area contributed by atoms with Crippen molar-refractivity contribution in [1.82, 2.24) is 20.0 Å². The van der Waals surface area contributed by atoms with Gasteiger partial charge in [-0.05, 0) is 38.7 Å². The van der Waals surface area contributed by atoms with Crippen molar-refractivity contribution in [3.8, 4) is 11.5 Å². The number of nitrogens with zero attached hydrogens (tertiary/aromatic N) is 4. The molecule has 0 aromatic heterocycles. The number of amides is 1. The molecule has 1 saturated heterocycles. The highest BCUT2D eigenvalue weighted by Gasteiger charge is 2.24. The van der Waals surface area contributed by atoms with Gasteiger partial charge < -0.3 is 34.2 Å². The second-order valence-electron chi connectivity index (χ2n) is 7.19. The van der Waals surface area contributed by atoms with Crippen molar-refractivity contribution in [2.45, 2.75) is 13.0 Å². The topological polar surface area (TPSA) is 78.9 Å². The number of aliphatic imine (C=N–C) groups is 1. The molecule has 0 saturated carbocycles.